The lowest BCUT2D eigenvalue weighted by molar-refractivity contribution is -0.115. The lowest BCUT2D eigenvalue weighted by Crippen LogP contribution is -2.17. The van der Waals surface area contributed by atoms with Crippen molar-refractivity contribution < 1.29 is 23.5 Å². The summed E-state index contributed by atoms with van der Waals surface area (Å²) in [7, 11) is 0. The second-order valence-corrected chi connectivity index (χ2v) is 7.93. The van der Waals surface area contributed by atoms with E-state index in [0.29, 0.717) is 18.9 Å². The molecule has 0 spiro atoms. The van der Waals surface area contributed by atoms with Gasteiger partial charge in [-0.3, -0.25) is 4.79 Å². The molecule has 1 fully saturated rings. The van der Waals surface area contributed by atoms with Gasteiger partial charge in [-0.2, -0.15) is 0 Å². The van der Waals surface area contributed by atoms with Crippen LogP contribution in [-0.2, 0) is 22.6 Å². The van der Waals surface area contributed by atoms with Gasteiger partial charge < -0.3 is 24.1 Å². The van der Waals surface area contributed by atoms with Gasteiger partial charge in [-0.15, -0.1) is 0 Å². The zero-order chi connectivity index (χ0) is 22.3. The fraction of sp³-hybridized carbons (Fsp3) is 0.360. The Morgan fingerprint density at radius 3 is 2.69 bits per heavy atom. The minimum Gasteiger partial charge on any atom is -0.491 e. The minimum atomic E-state index is -0.0920. The Bertz CT molecular complexity index is 1020. The highest BCUT2D eigenvalue weighted by Gasteiger charge is 2.16. The topological polar surface area (TPSA) is 82.8 Å². The molecule has 0 bridgehead atoms. The average molecular weight is 437 g/mol. The predicted octanol–water partition coefficient (Wildman–Crippen LogP) is 4.61. The highest BCUT2D eigenvalue weighted by Crippen LogP contribution is 2.21. The van der Waals surface area contributed by atoms with Crippen molar-refractivity contribution in [2.45, 2.75) is 45.8 Å². The zero-order valence-corrected chi connectivity index (χ0v) is 18.4. The van der Waals surface area contributed by atoms with E-state index in [-0.39, 0.29) is 18.4 Å². The molecule has 1 saturated heterocycles. The summed E-state index contributed by atoms with van der Waals surface area (Å²) in [6.07, 6.45) is 2.54. The highest BCUT2D eigenvalue weighted by atomic mass is 16.5. The van der Waals surface area contributed by atoms with E-state index in [1.165, 1.54) is 0 Å². The number of anilines is 1. The first kappa shape index (κ1) is 21.9. The number of hydrogen-bond acceptors (Lipinski definition) is 6. The van der Waals surface area contributed by atoms with Crippen molar-refractivity contribution in [3.63, 3.8) is 0 Å². The van der Waals surface area contributed by atoms with Crippen LogP contribution >= 0.6 is 0 Å². The molecule has 0 unspecified atom stereocenters. The Balaban J connectivity index is 1.26. The molecule has 4 rings (SSSR count). The van der Waals surface area contributed by atoms with Crippen molar-refractivity contribution >= 4 is 11.6 Å². The Kier molecular flexibility index (Phi) is 7.07. The molecule has 7 nitrogen and oxygen atoms in total. The van der Waals surface area contributed by atoms with Crippen LogP contribution in [0.15, 0.2) is 53.1 Å². The van der Waals surface area contributed by atoms with Crippen molar-refractivity contribution in [3.8, 4) is 11.5 Å². The van der Waals surface area contributed by atoms with E-state index in [0.717, 1.165) is 53.5 Å². The maximum absolute atomic E-state index is 12.5. The van der Waals surface area contributed by atoms with Crippen LogP contribution in [0, 0.1) is 13.8 Å². The number of hydrogen-bond donors (Lipinski definition) is 1. The Labute approximate surface area is 187 Å². The van der Waals surface area contributed by atoms with Crippen LogP contribution in [0.4, 0.5) is 5.69 Å². The van der Waals surface area contributed by atoms with Gasteiger partial charge in [-0.1, -0.05) is 23.4 Å². The van der Waals surface area contributed by atoms with Crippen LogP contribution in [0.2, 0.25) is 0 Å². The molecule has 1 atom stereocenters. The second-order valence-electron chi connectivity index (χ2n) is 7.93. The Hall–Kier alpha value is -3.32. The number of carbonyl (C=O) groups is 1. The summed E-state index contributed by atoms with van der Waals surface area (Å²) in [5.41, 5.74) is 3.39. The number of amides is 1. The molecule has 2 aromatic carbocycles. The first-order valence-corrected chi connectivity index (χ1v) is 10.8. The van der Waals surface area contributed by atoms with Crippen molar-refractivity contribution in [1.29, 1.82) is 0 Å². The van der Waals surface area contributed by atoms with Gasteiger partial charge in [0.25, 0.3) is 0 Å². The summed E-state index contributed by atoms with van der Waals surface area (Å²) < 4.78 is 22.4. The van der Waals surface area contributed by atoms with E-state index < -0.39 is 0 Å². The second kappa shape index (κ2) is 10.3. The molecule has 0 saturated carbocycles. The molecule has 0 aliphatic carbocycles. The van der Waals surface area contributed by atoms with Crippen LogP contribution in [0.5, 0.6) is 11.5 Å². The molecule has 1 N–H and O–H groups in total. The third-order valence-corrected chi connectivity index (χ3v) is 5.43. The molecule has 1 amide bonds. The van der Waals surface area contributed by atoms with Crippen LogP contribution in [-0.4, -0.2) is 30.4 Å². The molecule has 1 aliphatic rings. The third kappa shape index (κ3) is 5.88. The molecule has 2 heterocycles. The molecule has 3 aromatic rings. The summed E-state index contributed by atoms with van der Waals surface area (Å²) in [5.74, 6) is 2.12. The van der Waals surface area contributed by atoms with Gasteiger partial charge in [0.2, 0.25) is 5.91 Å². The van der Waals surface area contributed by atoms with Crippen LogP contribution < -0.4 is 14.8 Å². The van der Waals surface area contributed by atoms with E-state index in [9.17, 15) is 4.79 Å². The molecular weight excluding hydrogens is 408 g/mol. The highest BCUT2D eigenvalue weighted by molar-refractivity contribution is 5.92. The first-order chi connectivity index (χ1) is 15.6. The monoisotopic (exact) mass is 436 g/mol. The number of benzene rings is 2. The van der Waals surface area contributed by atoms with Crippen LogP contribution in [0.3, 0.4) is 0 Å². The lowest BCUT2D eigenvalue weighted by atomic mass is 10.1. The predicted molar refractivity (Wildman–Crippen MR) is 120 cm³/mol. The molecule has 0 radical (unpaired) electrons. The van der Waals surface area contributed by atoms with E-state index in [1.807, 2.05) is 62.4 Å². The SMILES string of the molecule is Cc1noc(C)c1COc1ccc(CC(=O)Nc2cccc(OC[C@H]3CCCO3)c2)cc1. The summed E-state index contributed by atoms with van der Waals surface area (Å²) in [5, 5.41) is 6.86. The minimum absolute atomic E-state index is 0.0920. The maximum Gasteiger partial charge on any atom is 0.228 e. The number of carbonyl (C=O) groups excluding carboxylic acids is 1. The number of rotatable bonds is 9. The maximum atomic E-state index is 12.5. The average Bonchev–Trinajstić information content (AvgIpc) is 3.42. The molecule has 168 valence electrons. The molecular formula is C25H28N2O5. The van der Waals surface area contributed by atoms with E-state index >= 15 is 0 Å². The molecule has 1 aliphatic heterocycles. The normalized spacial score (nSPS) is 15.5. The summed E-state index contributed by atoms with van der Waals surface area (Å²) >= 11 is 0. The number of ether oxygens (including phenoxy) is 3. The van der Waals surface area contributed by atoms with Crippen molar-refractivity contribution in [2.24, 2.45) is 0 Å². The number of nitrogens with one attached hydrogen (secondary N) is 1. The fourth-order valence-corrected chi connectivity index (χ4v) is 3.59. The van der Waals surface area contributed by atoms with E-state index in [1.54, 1.807) is 0 Å². The van der Waals surface area contributed by atoms with Gasteiger partial charge >= 0.3 is 0 Å². The van der Waals surface area contributed by atoms with Gasteiger partial charge in [-0.25, -0.2) is 0 Å². The first-order valence-electron chi connectivity index (χ1n) is 10.8. The van der Waals surface area contributed by atoms with Crippen molar-refractivity contribution in [3.05, 3.63) is 71.1 Å². The third-order valence-electron chi connectivity index (χ3n) is 5.43. The number of aromatic nitrogens is 1. The molecule has 32 heavy (non-hydrogen) atoms. The number of aryl methyl sites for hydroxylation is 2. The van der Waals surface area contributed by atoms with Gasteiger partial charge in [0.1, 0.15) is 30.5 Å². The smallest absolute Gasteiger partial charge is 0.228 e. The van der Waals surface area contributed by atoms with Crippen LogP contribution in [0.1, 0.15) is 35.4 Å². The largest absolute Gasteiger partial charge is 0.491 e. The van der Waals surface area contributed by atoms with Gasteiger partial charge in [0, 0.05) is 18.4 Å². The number of nitrogens with zero attached hydrogens (tertiary/aromatic N) is 1. The summed E-state index contributed by atoms with van der Waals surface area (Å²) in [6.45, 7) is 5.49. The standard InChI is InChI=1S/C25H28N2O5/c1-17-24(18(2)32-27-17)16-31-21-10-8-19(9-11-21)13-25(28)26-20-5-3-6-22(14-20)30-15-23-7-4-12-29-23/h3,5-6,8-11,14,23H,4,7,12-13,15-16H2,1-2H3,(H,26,28)/t23-/m1/s1. The quantitative estimate of drug-likeness (QED) is 0.527. The van der Waals surface area contributed by atoms with E-state index in [4.69, 9.17) is 18.7 Å². The zero-order valence-electron chi connectivity index (χ0n) is 18.4. The van der Waals surface area contributed by atoms with Gasteiger partial charge in [-0.05, 0) is 56.5 Å². The fourth-order valence-electron chi connectivity index (χ4n) is 3.59. The van der Waals surface area contributed by atoms with Crippen LogP contribution in [0.25, 0.3) is 0 Å². The Morgan fingerprint density at radius 1 is 1.12 bits per heavy atom. The lowest BCUT2D eigenvalue weighted by Gasteiger charge is -2.12. The van der Waals surface area contributed by atoms with Crippen molar-refractivity contribution in [2.75, 3.05) is 18.5 Å². The van der Waals surface area contributed by atoms with Gasteiger partial charge in [0.15, 0.2) is 0 Å². The van der Waals surface area contributed by atoms with E-state index in [2.05, 4.69) is 10.5 Å². The summed E-state index contributed by atoms with van der Waals surface area (Å²) in [6, 6.07) is 14.9. The van der Waals surface area contributed by atoms with Crippen molar-refractivity contribution in [1.82, 2.24) is 5.16 Å². The Morgan fingerprint density at radius 2 is 1.97 bits per heavy atom. The molecule has 7 heteroatoms. The van der Waals surface area contributed by atoms with Gasteiger partial charge in [0.05, 0.1) is 23.8 Å². The molecule has 1 aromatic heterocycles. The summed E-state index contributed by atoms with van der Waals surface area (Å²) in [4.78, 5) is 12.5.